The summed E-state index contributed by atoms with van der Waals surface area (Å²) in [4.78, 5) is 0. The average molecular weight is 869 g/mol. The summed E-state index contributed by atoms with van der Waals surface area (Å²) in [5, 5.41) is 45.5. The number of allylic oxidation sites excluding steroid dienone is 1. The van der Waals surface area contributed by atoms with Crippen molar-refractivity contribution in [2.45, 2.75) is 224 Å². The molecule has 0 spiro atoms. The van der Waals surface area contributed by atoms with Crippen LogP contribution in [0.25, 0.3) is 0 Å². The van der Waals surface area contributed by atoms with Crippen LogP contribution in [0.3, 0.4) is 0 Å². The summed E-state index contributed by atoms with van der Waals surface area (Å²) in [6.45, 7) is 8.13. The van der Waals surface area contributed by atoms with Gasteiger partial charge in [-0.2, -0.15) is 0 Å². The highest BCUT2D eigenvalue weighted by molar-refractivity contribution is 5.26. The van der Waals surface area contributed by atoms with E-state index in [-0.39, 0.29) is 35.2 Å². The molecule has 0 heterocycles. The third-order valence-electron chi connectivity index (χ3n) is 21.4. The van der Waals surface area contributed by atoms with Crippen LogP contribution in [0.4, 0.5) is 13.2 Å². The summed E-state index contributed by atoms with van der Waals surface area (Å²) in [6.07, 6.45) is 26.2. The average Bonchev–Trinajstić information content (AvgIpc) is 4.04. The van der Waals surface area contributed by atoms with Crippen molar-refractivity contribution in [1.29, 1.82) is 0 Å². The van der Waals surface area contributed by atoms with E-state index >= 15 is 0 Å². The molecule has 352 valence electrons. The highest BCUT2D eigenvalue weighted by Crippen LogP contribution is 2.67. The molecule has 0 radical (unpaired) electrons. The van der Waals surface area contributed by atoms with Crippen molar-refractivity contribution in [1.82, 2.24) is 0 Å². The molecule has 16 unspecified atom stereocenters. The molecule has 4 nitrogen and oxygen atoms in total. The standard InChI is InChI=1S/C55H87F3O4/c1-31-43(32(2)55(19-20-55)41-15-13-36(14-16-41)35-11-12-35)22-34(23-44(31)49(59)30-53(3,57)58)21-33-7-9-37(10-8-33)50(60)46-25-39(46)28-54(17-18-54)29-40-26-47(40)51(61)52(62)48-27-45(48)38-5-4-6-42(56)24-38/h31,33-52,59-62H,2,4-30H2,1,3H3. The Morgan fingerprint density at radius 2 is 1.29 bits per heavy atom. The maximum Gasteiger partial charge on any atom is 0.247 e. The summed E-state index contributed by atoms with van der Waals surface area (Å²) >= 11 is 0. The Morgan fingerprint density at radius 3 is 1.90 bits per heavy atom. The molecule has 0 amide bonds. The van der Waals surface area contributed by atoms with Gasteiger partial charge in [0.25, 0.3) is 0 Å². The van der Waals surface area contributed by atoms with Crippen molar-refractivity contribution in [3.05, 3.63) is 12.2 Å². The van der Waals surface area contributed by atoms with Gasteiger partial charge in [-0.05, 0) is 260 Å². The molecule has 0 saturated heterocycles. The van der Waals surface area contributed by atoms with E-state index in [2.05, 4.69) is 6.92 Å². The molecule has 10 fully saturated rings. The summed E-state index contributed by atoms with van der Waals surface area (Å²) in [6, 6.07) is 0. The number of hydrogen-bond acceptors (Lipinski definition) is 4. The van der Waals surface area contributed by atoms with Gasteiger partial charge >= 0.3 is 0 Å². The Hall–Kier alpha value is -0.630. The summed E-state index contributed by atoms with van der Waals surface area (Å²) in [5.41, 5.74) is 2.06. The number of rotatable bonds is 19. The largest absolute Gasteiger partial charge is 0.393 e. The van der Waals surface area contributed by atoms with Gasteiger partial charge in [-0.15, -0.1) is 0 Å². The van der Waals surface area contributed by atoms with Crippen LogP contribution in [-0.4, -0.2) is 56.9 Å². The molecule has 0 aromatic carbocycles. The van der Waals surface area contributed by atoms with Crippen molar-refractivity contribution < 1.29 is 33.6 Å². The lowest BCUT2D eigenvalue weighted by molar-refractivity contribution is -0.0688. The van der Waals surface area contributed by atoms with E-state index in [4.69, 9.17) is 6.58 Å². The number of aliphatic hydroxyl groups excluding tert-OH is 4. The van der Waals surface area contributed by atoms with Crippen molar-refractivity contribution in [3.8, 4) is 0 Å². The molecule has 0 aliphatic heterocycles. The molecular formula is C55H87F3O4. The Kier molecular flexibility index (Phi) is 12.7. The van der Waals surface area contributed by atoms with Gasteiger partial charge in [0.1, 0.15) is 6.17 Å². The van der Waals surface area contributed by atoms with Crippen molar-refractivity contribution in [2.24, 2.45) is 106 Å². The minimum Gasteiger partial charge on any atom is -0.393 e. The van der Waals surface area contributed by atoms with E-state index in [9.17, 15) is 33.6 Å². The van der Waals surface area contributed by atoms with Crippen molar-refractivity contribution in [2.75, 3.05) is 0 Å². The highest BCUT2D eigenvalue weighted by atomic mass is 19.3. The smallest absolute Gasteiger partial charge is 0.247 e. The predicted octanol–water partition coefficient (Wildman–Crippen LogP) is 12.5. The first kappa shape index (κ1) is 45.2. The van der Waals surface area contributed by atoms with Gasteiger partial charge in [0, 0.05) is 6.42 Å². The molecule has 10 saturated carbocycles. The van der Waals surface area contributed by atoms with Crippen LogP contribution in [0.15, 0.2) is 12.2 Å². The van der Waals surface area contributed by atoms with Crippen molar-refractivity contribution in [3.63, 3.8) is 0 Å². The van der Waals surface area contributed by atoms with E-state index in [1.165, 1.54) is 82.6 Å². The maximum absolute atomic E-state index is 14.4. The fraction of sp³-hybridized carbons (Fsp3) is 0.964. The van der Waals surface area contributed by atoms with Gasteiger partial charge in [0.05, 0.1) is 24.4 Å². The molecule has 10 rings (SSSR count). The first-order valence-electron chi connectivity index (χ1n) is 27.0. The van der Waals surface area contributed by atoms with Crippen LogP contribution in [0.1, 0.15) is 187 Å². The Balaban J connectivity index is 0.682. The quantitative estimate of drug-likeness (QED) is 0.0975. The fourth-order valence-corrected chi connectivity index (χ4v) is 16.9. The van der Waals surface area contributed by atoms with E-state index < -0.39 is 36.8 Å². The van der Waals surface area contributed by atoms with Crippen molar-refractivity contribution >= 4 is 0 Å². The zero-order chi connectivity index (χ0) is 43.3. The normalized spacial score (nSPS) is 46.5. The molecule has 10 aliphatic rings. The zero-order valence-electron chi connectivity index (χ0n) is 38.8. The van der Waals surface area contributed by atoms with Gasteiger partial charge in [0.2, 0.25) is 5.92 Å². The van der Waals surface area contributed by atoms with Crippen LogP contribution in [-0.2, 0) is 0 Å². The molecule has 62 heavy (non-hydrogen) atoms. The van der Waals surface area contributed by atoms with Crippen LogP contribution in [0, 0.1) is 106 Å². The number of hydrogen-bond donors (Lipinski definition) is 4. The maximum atomic E-state index is 14.4. The molecule has 7 heteroatoms. The van der Waals surface area contributed by atoms with Crippen LogP contribution in [0.2, 0.25) is 0 Å². The Bertz CT molecular complexity index is 1550. The lowest BCUT2D eigenvalue weighted by Gasteiger charge is -2.47. The first-order chi connectivity index (χ1) is 29.6. The van der Waals surface area contributed by atoms with Gasteiger partial charge in [0.15, 0.2) is 0 Å². The van der Waals surface area contributed by atoms with Crippen LogP contribution >= 0.6 is 0 Å². The Labute approximate surface area is 373 Å². The molecule has 4 N–H and O–H groups in total. The molecule has 0 bridgehead atoms. The SMILES string of the molecule is C=C(C1CC(CC2CCC(C(O)C3CC3CC3(CC4CC4C(O)C(O)C4CC4C4CCCC(F)C4)CC3)CC2)CC(C(O)CC(C)(F)F)C1C)C1(C2CCC(C3CC3)CC2)CC1. The van der Waals surface area contributed by atoms with E-state index in [1.807, 2.05) is 0 Å². The number of aliphatic hydroxyl groups is 4. The lowest BCUT2D eigenvalue weighted by Crippen LogP contribution is -2.42. The predicted molar refractivity (Wildman–Crippen MR) is 240 cm³/mol. The first-order valence-corrected chi connectivity index (χ1v) is 27.0. The van der Waals surface area contributed by atoms with Crippen LogP contribution in [0.5, 0.6) is 0 Å². The van der Waals surface area contributed by atoms with Gasteiger partial charge in [-0.25, -0.2) is 13.2 Å². The molecule has 0 aromatic rings. The topological polar surface area (TPSA) is 80.9 Å². The van der Waals surface area contributed by atoms with Crippen LogP contribution < -0.4 is 0 Å². The fourth-order valence-electron chi connectivity index (χ4n) is 16.9. The second kappa shape index (κ2) is 17.5. The second-order valence-electron chi connectivity index (χ2n) is 25.7. The third-order valence-corrected chi connectivity index (χ3v) is 21.4. The number of alkyl halides is 3. The van der Waals surface area contributed by atoms with Gasteiger partial charge in [-0.1, -0.05) is 38.3 Å². The van der Waals surface area contributed by atoms with Gasteiger partial charge in [-0.3, -0.25) is 0 Å². The minimum absolute atomic E-state index is 0.112. The minimum atomic E-state index is -2.87. The molecule has 10 aliphatic carbocycles. The highest BCUT2D eigenvalue weighted by Gasteiger charge is 2.60. The molecular weight excluding hydrogens is 782 g/mol. The van der Waals surface area contributed by atoms with Gasteiger partial charge < -0.3 is 20.4 Å². The second-order valence-corrected chi connectivity index (χ2v) is 25.7. The lowest BCUT2D eigenvalue weighted by atomic mass is 9.58. The van der Waals surface area contributed by atoms with E-state index in [0.717, 1.165) is 102 Å². The Morgan fingerprint density at radius 1 is 0.661 bits per heavy atom. The molecule has 0 aromatic heterocycles. The summed E-state index contributed by atoms with van der Waals surface area (Å²) in [5.74, 6) is 4.31. The summed E-state index contributed by atoms with van der Waals surface area (Å²) < 4.78 is 42.8. The number of halogens is 3. The zero-order valence-corrected chi connectivity index (χ0v) is 38.8. The summed E-state index contributed by atoms with van der Waals surface area (Å²) in [7, 11) is 0. The van der Waals surface area contributed by atoms with E-state index in [1.54, 1.807) is 0 Å². The monoisotopic (exact) mass is 869 g/mol. The third kappa shape index (κ3) is 9.84. The molecule has 16 atom stereocenters. The van der Waals surface area contributed by atoms with E-state index in [0.29, 0.717) is 71.5 Å².